The molecule has 1 aliphatic rings. The van der Waals surface area contributed by atoms with E-state index in [9.17, 15) is 0 Å². The summed E-state index contributed by atoms with van der Waals surface area (Å²) in [4.78, 5) is 0. The Kier molecular flexibility index (Phi) is 5.90. The first kappa shape index (κ1) is 15.4. The van der Waals surface area contributed by atoms with Crippen LogP contribution in [-0.4, -0.2) is 12.4 Å². The van der Waals surface area contributed by atoms with Crippen molar-refractivity contribution in [3.63, 3.8) is 0 Å². The van der Waals surface area contributed by atoms with Gasteiger partial charge in [0.15, 0.2) is 6.29 Å². The van der Waals surface area contributed by atoms with Gasteiger partial charge in [-0.05, 0) is 38.8 Å². The highest BCUT2D eigenvalue weighted by Gasteiger charge is 2.21. The van der Waals surface area contributed by atoms with Crippen LogP contribution in [-0.2, 0) is 4.74 Å². The Morgan fingerprint density at radius 1 is 1.05 bits per heavy atom. The van der Waals surface area contributed by atoms with Gasteiger partial charge in [-0.1, -0.05) is 49.8 Å². The minimum atomic E-state index is -0.110. The van der Waals surface area contributed by atoms with Crippen LogP contribution in [0.5, 0.6) is 5.75 Å². The van der Waals surface area contributed by atoms with Crippen molar-refractivity contribution >= 4 is 0 Å². The molecular weight excluding hydrogens is 248 g/mol. The SMILES string of the molecule is Cc1ccc(OC(CC2CCCCC2)OC(C)C)cc1. The molecule has 1 aliphatic carbocycles. The predicted octanol–water partition coefficient (Wildman–Crippen LogP) is 5.10. The van der Waals surface area contributed by atoms with Crippen LogP contribution in [0.15, 0.2) is 24.3 Å². The molecule has 1 fully saturated rings. The first-order valence-corrected chi connectivity index (χ1v) is 8.02. The van der Waals surface area contributed by atoms with E-state index in [4.69, 9.17) is 9.47 Å². The van der Waals surface area contributed by atoms with Gasteiger partial charge in [0.2, 0.25) is 0 Å². The van der Waals surface area contributed by atoms with Crippen molar-refractivity contribution in [1.29, 1.82) is 0 Å². The number of rotatable bonds is 6. The van der Waals surface area contributed by atoms with E-state index in [0.29, 0.717) is 0 Å². The van der Waals surface area contributed by atoms with Gasteiger partial charge < -0.3 is 9.47 Å². The maximum absolute atomic E-state index is 6.06. The van der Waals surface area contributed by atoms with E-state index < -0.39 is 0 Å². The highest BCUT2D eigenvalue weighted by atomic mass is 16.7. The summed E-state index contributed by atoms with van der Waals surface area (Å²) < 4.78 is 12.0. The highest BCUT2D eigenvalue weighted by molar-refractivity contribution is 5.26. The Morgan fingerprint density at radius 2 is 1.70 bits per heavy atom. The molecule has 0 saturated heterocycles. The van der Waals surface area contributed by atoms with Gasteiger partial charge in [-0.2, -0.15) is 0 Å². The average Bonchev–Trinajstić information content (AvgIpc) is 2.42. The lowest BCUT2D eigenvalue weighted by atomic mass is 9.87. The van der Waals surface area contributed by atoms with Gasteiger partial charge in [-0.15, -0.1) is 0 Å². The van der Waals surface area contributed by atoms with E-state index in [0.717, 1.165) is 18.1 Å². The molecule has 0 heterocycles. The minimum absolute atomic E-state index is 0.110. The van der Waals surface area contributed by atoms with E-state index in [1.807, 2.05) is 12.1 Å². The third kappa shape index (κ3) is 5.16. The van der Waals surface area contributed by atoms with E-state index in [2.05, 4.69) is 32.9 Å². The normalized spacial score (nSPS) is 18.2. The molecule has 0 aliphatic heterocycles. The highest BCUT2D eigenvalue weighted by Crippen LogP contribution is 2.29. The summed E-state index contributed by atoms with van der Waals surface area (Å²) in [5, 5.41) is 0. The second kappa shape index (κ2) is 7.68. The van der Waals surface area contributed by atoms with Crippen LogP contribution < -0.4 is 4.74 Å². The fourth-order valence-corrected chi connectivity index (χ4v) is 2.90. The van der Waals surface area contributed by atoms with Gasteiger partial charge in [-0.25, -0.2) is 0 Å². The largest absolute Gasteiger partial charge is 0.465 e. The van der Waals surface area contributed by atoms with Crippen LogP contribution in [0.4, 0.5) is 0 Å². The van der Waals surface area contributed by atoms with Gasteiger partial charge in [0.05, 0.1) is 6.10 Å². The zero-order chi connectivity index (χ0) is 14.4. The van der Waals surface area contributed by atoms with Gasteiger partial charge in [0.25, 0.3) is 0 Å². The molecule has 0 bridgehead atoms. The molecule has 1 unspecified atom stereocenters. The second-order valence-corrected chi connectivity index (χ2v) is 6.29. The van der Waals surface area contributed by atoms with Gasteiger partial charge >= 0.3 is 0 Å². The molecule has 0 radical (unpaired) electrons. The van der Waals surface area contributed by atoms with Crippen molar-refractivity contribution in [2.45, 2.75) is 71.7 Å². The van der Waals surface area contributed by atoms with Crippen molar-refractivity contribution in [3.8, 4) is 5.75 Å². The molecule has 0 aromatic heterocycles. The van der Waals surface area contributed by atoms with Crippen LogP contribution in [0.2, 0.25) is 0 Å². The van der Waals surface area contributed by atoms with Crippen LogP contribution in [0, 0.1) is 12.8 Å². The van der Waals surface area contributed by atoms with Crippen molar-refractivity contribution in [3.05, 3.63) is 29.8 Å². The maximum atomic E-state index is 6.06. The lowest BCUT2D eigenvalue weighted by Gasteiger charge is -2.28. The molecule has 0 amide bonds. The first-order valence-electron chi connectivity index (χ1n) is 8.02. The molecule has 1 saturated carbocycles. The fourth-order valence-electron chi connectivity index (χ4n) is 2.90. The second-order valence-electron chi connectivity index (χ2n) is 6.29. The monoisotopic (exact) mass is 276 g/mol. The zero-order valence-electron chi connectivity index (χ0n) is 13.1. The topological polar surface area (TPSA) is 18.5 Å². The van der Waals surface area contributed by atoms with Crippen molar-refractivity contribution in [1.82, 2.24) is 0 Å². The third-order valence-electron chi connectivity index (χ3n) is 3.96. The quantitative estimate of drug-likeness (QED) is 0.673. The zero-order valence-corrected chi connectivity index (χ0v) is 13.1. The standard InChI is InChI=1S/C18H28O2/c1-14(2)19-18(13-16-7-5-4-6-8-16)20-17-11-9-15(3)10-12-17/h9-12,14,16,18H,4-8,13H2,1-3H3. The number of aryl methyl sites for hydroxylation is 1. The first-order chi connectivity index (χ1) is 9.63. The number of benzene rings is 1. The summed E-state index contributed by atoms with van der Waals surface area (Å²) in [7, 11) is 0. The van der Waals surface area contributed by atoms with Crippen molar-refractivity contribution < 1.29 is 9.47 Å². The smallest absolute Gasteiger partial charge is 0.200 e. The van der Waals surface area contributed by atoms with E-state index in [-0.39, 0.29) is 12.4 Å². The molecule has 20 heavy (non-hydrogen) atoms. The van der Waals surface area contributed by atoms with E-state index in [1.165, 1.54) is 37.7 Å². The molecule has 112 valence electrons. The lowest BCUT2D eigenvalue weighted by Crippen LogP contribution is -2.27. The predicted molar refractivity (Wildman–Crippen MR) is 83.0 cm³/mol. The number of ether oxygens (including phenoxy) is 2. The number of hydrogen-bond donors (Lipinski definition) is 0. The maximum Gasteiger partial charge on any atom is 0.200 e. The van der Waals surface area contributed by atoms with Gasteiger partial charge in [-0.3, -0.25) is 0 Å². The Hall–Kier alpha value is -1.02. The summed E-state index contributed by atoms with van der Waals surface area (Å²) in [5.41, 5.74) is 1.26. The molecular formula is C18H28O2. The van der Waals surface area contributed by atoms with Crippen molar-refractivity contribution in [2.75, 3.05) is 0 Å². The molecule has 2 rings (SSSR count). The lowest BCUT2D eigenvalue weighted by molar-refractivity contribution is -0.120. The Balaban J connectivity index is 1.93. The fraction of sp³-hybridized carbons (Fsp3) is 0.667. The van der Waals surface area contributed by atoms with Crippen LogP contribution >= 0.6 is 0 Å². The third-order valence-corrected chi connectivity index (χ3v) is 3.96. The Bertz CT molecular complexity index is 377. The molecule has 1 aromatic rings. The van der Waals surface area contributed by atoms with E-state index >= 15 is 0 Å². The van der Waals surface area contributed by atoms with Crippen molar-refractivity contribution in [2.24, 2.45) is 5.92 Å². The van der Waals surface area contributed by atoms with Crippen LogP contribution in [0.25, 0.3) is 0 Å². The van der Waals surface area contributed by atoms with Gasteiger partial charge in [0, 0.05) is 6.42 Å². The summed E-state index contributed by atoms with van der Waals surface area (Å²) in [6.45, 7) is 6.24. The molecule has 0 spiro atoms. The average molecular weight is 276 g/mol. The Labute approximate surface area is 123 Å². The Morgan fingerprint density at radius 3 is 2.30 bits per heavy atom. The summed E-state index contributed by atoms with van der Waals surface area (Å²) in [6, 6.07) is 8.24. The number of hydrogen-bond acceptors (Lipinski definition) is 2. The van der Waals surface area contributed by atoms with Gasteiger partial charge in [0.1, 0.15) is 5.75 Å². The molecule has 2 nitrogen and oxygen atoms in total. The molecule has 0 N–H and O–H groups in total. The summed E-state index contributed by atoms with van der Waals surface area (Å²) in [6.07, 6.45) is 7.89. The van der Waals surface area contributed by atoms with E-state index in [1.54, 1.807) is 0 Å². The molecule has 2 heteroatoms. The van der Waals surface area contributed by atoms with Crippen LogP contribution in [0.3, 0.4) is 0 Å². The molecule has 1 aromatic carbocycles. The minimum Gasteiger partial charge on any atom is -0.465 e. The summed E-state index contributed by atoms with van der Waals surface area (Å²) in [5.74, 6) is 1.68. The molecule has 1 atom stereocenters. The van der Waals surface area contributed by atoms with Crippen LogP contribution in [0.1, 0.15) is 57.9 Å². The summed E-state index contributed by atoms with van der Waals surface area (Å²) >= 11 is 0.